The maximum atomic E-state index is 6.19. The quantitative estimate of drug-likeness (QED) is 0.883. The number of halogens is 1. The lowest BCUT2D eigenvalue weighted by Gasteiger charge is -2.26. The maximum Gasteiger partial charge on any atom is 0.318 e. The van der Waals surface area contributed by atoms with E-state index in [9.17, 15) is 0 Å². The number of nitrogens with one attached hydrogen (secondary N) is 1. The average molecular weight is 271 g/mol. The molecule has 0 saturated carbocycles. The molecule has 1 saturated heterocycles. The molecule has 0 aromatic carbocycles. The molecular weight excluding hydrogens is 252 g/mol. The third kappa shape index (κ3) is 2.84. The molecule has 0 spiro atoms. The standard InChI is InChI=1S/C12H19ClN4O/c1-3-14-7-9-5-4-6-17(9)11-10(13)8-15-12(16-11)18-2/h8-9,14H,3-7H2,1-2H3. The molecule has 6 heteroatoms. The molecule has 0 amide bonds. The van der Waals surface area contributed by atoms with Crippen molar-refractivity contribution >= 4 is 17.4 Å². The Morgan fingerprint density at radius 3 is 3.17 bits per heavy atom. The van der Waals surface area contributed by atoms with Gasteiger partial charge in [0.2, 0.25) is 0 Å². The molecule has 1 N–H and O–H groups in total. The summed E-state index contributed by atoms with van der Waals surface area (Å²) in [4.78, 5) is 10.6. The van der Waals surface area contributed by atoms with Crippen molar-refractivity contribution in [3.05, 3.63) is 11.2 Å². The largest absolute Gasteiger partial charge is 0.467 e. The van der Waals surface area contributed by atoms with Gasteiger partial charge in [-0.15, -0.1) is 0 Å². The fourth-order valence-electron chi connectivity index (χ4n) is 2.28. The Balaban J connectivity index is 2.18. The summed E-state index contributed by atoms with van der Waals surface area (Å²) in [7, 11) is 1.56. The van der Waals surface area contributed by atoms with Crippen LogP contribution in [0.15, 0.2) is 6.20 Å². The van der Waals surface area contributed by atoms with Crippen molar-refractivity contribution in [2.75, 3.05) is 31.6 Å². The number of likely N-dealkylation sites (N-methyl/N-ethyl adjacent to an activating group) is 1. The van der Waals surface area contributed by atoms with Crippen molar-refractivity contribution in [3.63, 3.8) is 0 Å². The second-order valence-electron chi connectivity index (χ2n) is 4.33. The van der Waals surface area contributed by atoms with Crippen LogP contribution in [-0.2, 0) is 0 Å². The molecule has 2 rings (SSSR count). The topological polar surface area (TPSA) is 50.3 Å². The van der Waals surface area contributed by atoms with Crippen molar-refractivity contribution < 1.29 is 4.74 Å². The molecule has 0 aliphatic carbocycles. The van der Waals surface area contributed by atoms with E-state index in [4.69, 9.17) is 16.3 Å². The van der Waals surface area contributed by atoms with Crippen molar-refractivity contribution in [3.8, 4) is 6.01 Å². The summed E-state index contributed by atoms with van der Waals surface area (Å²) in [6.45, 7) is 5.03. The summed E-state index contributed by atoms with van der Waals surface area (Å²) < 4.78 is 5.06. The summed E-state index contributed by atoms with van der Waals surface area (Å²) in [6.07, 6.45) is 3.93. The van der Waals surface area contributed by atoms with Gasteiger partial charge >= 0.3 is 6.01 Å². The lowest BCUT2D eigenvalue weighted by molar-refractivity contribution is 0.379. The number of ether oxygens (including phenoxy) is 1. The van der Waals surface area contributed by atoms with E-state index >= 15 is 0 Å². The Morgan fingerprint density at radius 1 is 1.61 bits per heavy atom. The van der Waals surface area contributed by atoms with E-state index in [2.05, 4.69) is 27.1 Å². The van der Waals surface area contributed by atoms with Crippen LogP contribution in [0.25, 0.3) is 0 Å². The summed E-state index contributed by atoms with van der Waals surface area (Å²) in [5, 5.41) is 3.96. The van der Waals surface area contributed by atoms with Crippen LogP contribution in [0.5, 0.6) is 6.01 Å². The van der Waals surface area contributed by atoms with Crippen molar-refractivity contribution in [1.29, 1.82) is 0 Å². The highest BCUT2D eigenvalue weighted by Gasteiger charge is 2.27. The van der Waals surface area contributed by atoms with Crippen LogP contribution in [0.1, 0.15) is 19.8 Å². The first-order valence-corrected chi connectivity index (χ1v) is 6.68. The Morgan fingerprint density at radius 2 is 2.44 bits per heavy atom. The van der Waals surface area contributed by atoms with Crippen LogP contribution >= 0.6 is 11.6 Å². The zero-order valence-corrected chi connectivity index (χ0v) is 11.6. The van der Waals surface area contributed by atoms with Gasteiger partial charge in [-0.25, -0.2) is 4.98 Å². The van der Waals surface area contributed by atoms with Gasteiger partial charge in [0.1, 0.15) is 5.02 Å². The Hall–Kier alpha value is -1.07. The number of methoxy groups -OCH3 is 1. The molecule has 2 heterocycles. The molecule has 1 aliphatic heterocycles. The zero-order valence-electron chi connectivity index (χ0n) is 10.8. The van der Waals surface area contributed by atoms with Gasteiger partial charge in [0.15, 0.2) is 5.82 Å². The first kappa shape index (κ1) is 13.4. The summed E-state index contributed by atoms with van der Waals surface area (Å²) in [6, 6.07) is 0.811. The molecule has 1 aliphatic rings. The van der Waals surface area contributed by atoms with Crippen LogP contribution < -0.4 is 15.0 Å². The molecule has 5 nitrogen and oxygen atoms in total. The van der Waals surface area contributed by atoms with Gasteiger partial charge in [-0.3, -0.25) is 0 Å². The molecule has 1 aromatic heterocycles. The van der Waals surface area contributed by atoms with Gasteiger partial charge < -0.3 is 15.0 Å². The molecule has 1 unspecified atom stereocenters. The molecule has 0 radical (unpaired) electrons. The Kier molecular flexibility index (Phi) is 4.60. The highest BCUT2D eigenvalue weighted by atomic mass is 35.5. The summed E-state index contributed by atoms with van der Waals surface area (Å²) >= 11 is 6.19. The molecule has 0 bridgehead atoms. The van der Waals surface area contributed by atoms with Gasteiger partial charge in [-0.05, 0) is 19.4 Å². The number of nitrogens with zero attached hydrogens (tertiary/aromatic N) is 3. The van der Waals surface area contributed by atoms with Crippen LogP contribution in [0, 0.1) is 0 Å². The SMILES string of the molecule is CCNCC1CCCN1c1nc(OC)ncc1Cl. The maximum absolute atomic E-state index is 6.19. The normalized spacial score (nSPS) is 19.3. The summed E-state index contributed by atoms with van der Waals surface area (Å²) in [5.41, 5.74) is 0. The van der Waals surface area contributed by atoms with E-state index in [1.807, 2.05) is 0 Å². The van der Waals surface area contributed by atoms with Gasteiger partial charge in [0.25, 0.3) is 0 Å². The Bertz CT molecular complexity index is 402. The molecule has 1 atom stereocenters. The smallest absolute Gasteiger partial charge is 0.318 e. The van der Waals surface area contributed by atoms with Crippen LogP contribution in [0.4, 0.5) is 5.82 Å². The van der Waals surface area contributed by atoms with Gasteiger partial charge in [0.05, 0.1) is 13.3 Å². The molecule has 1 fully saturated rings. The second kappa shape index (κ2) is 6.20. The summed E-state index contributed by atoms with van der Waals surface area (Å²) in [5.74, 6) is 0.781. The highest BCUT2D eigenvalue weighted by Crippen LogP contribution is 2.30. The van der Waals surface area contributed by atoms with E-state index in [0.717, 1.165) is 31.9 Å². The van der Waals surface area contributed by atoms with Crippen molar-refractivity contribution in [2.45, 2.75) is 25.8 Å². The van der Waals surface area contributed by atoms with Gasteiger partial charge in [-0.1, -0.05) is 18.5 Å². The fourth-order valence-corrected chi connectivity index (χ4v) is 2.48. The minimum absolute atomic E-state index is 0.364. The number of hydrogen-bond donors (Lipinski definition) is 1. The second-order valence-corrected chi connectivity index (χ2v) is 4.73. The highest BCUT2D eigenvalue weighted by molar-refractivity contribution is 6.32. The van der Waals surface area contributed by atoms with Crippen molar-refractivity contribution in [2.24, 2.45) is 0 Å². The third-order valence-corrected chi connectivity index (χ3v) is 3.43. The van der Waals surface area contributed by atoms with E-state index < -0.39 is 0 Å². The molecule has 18 heavy (non-hydrogen) atoms. The third-order valence-electron chi connectivity index (χ3n) is 3.17. The minimum atomic E-state index is 0.364. The van der Waals surface area contributed by atoms with Crippen LogP contribution in [0.3, 0.4) is 0 Å². The molecule has 100 valence electrons. The van der Waals surface area contributed by atoms with E-state index in [1.54, 1.807) is 13.3 Å². The average Bonchev–Trinajstić information content (AvgIpc) is 2.85. The van der Waals surface area contributed by atoms with Crippen LogP contribution in [0.2, 0.25) is 5.02 Å². The fraction of sp³-hybridized carbons (Fsp3) is 0.667. The predicted octanol–water partition coefficient (Wildman–Crippen LogP) is 1.72. The predicted molar refractivity (Wildman–Crippen MR) is 72.5 cm³/mol. The number of anilines is 1. The van der Waals surface area contributed by atoms with Gasteiger partial charge in [0, 0.05) is 19.1 Å². The number of hydrogen-bond acceptors (Lipinski definition) is 5. The van der Waals surface area contributed by atoms with E-state index in [0.29, 0.717) is 17.1 Å². The monoisotopic (exact) mass is 270 g/mol. The first-order valence-electron chi connectivity index (χ1n) is 6.30. The lowest BCUT2D eigenvalue weighted by atomic mass is 10.2. The molecule has 1 aromatic rings. The van der Waals surface area contributed by atoms with Gasteiger partial charge in [-0.2, -0.15) is 4.98 Å². The van der Waals surface area contributed by atoms with E-state index in [1.165, 1.54) is 6.42 Å². The molecular formula is C12H19ClN4O. The first-order chi connectivity index (χ1) is 8.76. The van der Waals surface area contributed by atoms with Crippen LogP contribution in [-0.4, -0.2) is 42.8 Å². The zero-order chi connectivity index (χ0) is 13.0. The Labute approximate surface area is 113 Å². The van der Waals surface area contributed by atoms with E-state index in [-0.39, 0.29) is 0 Å². The van der Waals surface area contributed by atoms with Crippen molar-refractivity contribution in [1.82, 2.24) is 15.3 Å². The number of rotatable bonds is 5. The minimum Gasteiger partial charge on any atom is -0.467 e. The lowest BCUT2D eigenvalue weighted by Crippen LogP contribution is -2.38. The number of aromatic nitrogens is 2.